The van der Waals surface area contributed by atoms with Gasteiger partial charge >= 0.3 is 5.97 Å². The molecule has 1 aromatic carbocycles. The van der Waals surface area contributed by atoms with Crippen molar-refractivity contribution in [1.29, 1.82) is 0 Å². The van der Waals surface area contributed by atoms with Gasteiger partial charge in [0.2, 0.25) is 0 Å². The summed E-state index contributed by atoms with van der Waals surface area (Å²) in [6.45, 7) is 9.45. The summed E-state index contributed by atoms with van der Waals surface area (Å²) in [4.78, 5) is 23.6. The molecule has 27 heavy (non-hydrogen) atoms. The minimum absolute atomic E-state index is 0.270. The third-order valence-electron chi connectivity index (χ3n) is 5.67. The topological polar surface area (TPSA) is 67.4 Å². The van der Waals surface area contributed by atoms with Crippen LogP contribution in [0.3, 0.4) is 0 Å². The van der Waals surface area contributed by atoms with Crippen LogP contribution in [-0.4, -0.2) is 31.1 Å². The lowest BCUT2D eigenvalue weighted by Gasteiger charge is -2.37. The van der Waals surface area contributed by atoms with Gasteiger partial charge < -0.3 is 15.4 Å². The molecule has 150 valence electrons. The van der Waals surface area contributed by atoms with Gasteiger partial charge in [-0.05, 0) is 61.6 Å². The number of ether oxygens (including phenoxy) is 1. The third-order valence-corrected chi connectivity index (χ3v) is 5.67. The zero-order valence-corrected chi connectivity index (χ0v) is 17.3. The molecule has 1 aliphatic rings. The lowest BCUT2D eigenvalue weighted by atomic mass is 9.71. The van der Waals surface area contributed by atoms with Crippen molar-refractivity contribution in [3.8, 4) is 0 Å². The lowest BCUT2D eigenvalue weighted by Crippen LogP contribution is -2.39. The number of nitrogens with one attached hydrogen (secondary N) is 2. The normalized spacial score (nSPS) is 21.4. The Hall–Kier alpha value is -1.88. The van der Waals surface area contributed by atoms with Crippen LogP contribution in [0.4, 0.5) is 0 Å². The Bertz CT molecular complexity index is 626. The Labute approximate surface area is 163 Å². The van der Waals surface area contributed by atoms with E-state index in [0.717, 1.165) is 18.0 Å². The molecule has 5 heteroatoms. The van der Waals surface area contributed by atoms with E-state index >= 15 is 0 Å². The van der Waals surface area contributed by atoms with Gasteiger partial charge in [0.1, 0.15) is 6.04 Å². The number of carbonyl (C=O) groups excluding carboxylic acids is 2. The monoisotopic (exact) mass is 374 g/mol. The zero-order valence-electron chi connectivity index (χ0n) is 17.3. The van der Waals surface area contributed by atoms with E-state index < -0.39 is 12.0 Å². The zero-order chi connectivity index (χ0) is 20.0. The van der Waals surface area contributed by atoms with Crippen molar-refractivity contribution in [3.63, 3.8) is 0 Å². The highest BCUT2D eigenvalue weighted by Crippen LogP contribution is 2.37. The van der Waals surface area contributed by atoms with E-state index in [1.54, 1.807) is 19.1 Å². The van der Waals surface area contributed by atoms with Crippen LogP contribution in [0.25, 0.3) is 0 Å². The molecule has 0 saturated heterocycles. The average Bonchev–Trinajstić information content (AvgIpc) is 2.65. The first-order chi connectivity index (χ1) is 12.7. The number of benzene rings is 1. The summed E-state index contributed by atoms with van der Waals surface area (Å²) >= 11 is 0. The number of methoxy groups -OCH3 is 1. The second-order valence-corrected chi connectivity index (χ2v) is 8.71. The molecular formula is C22H34N2O3. The first-order valence-electron chi connectivity index (χ1n) is 9.91. The fourth-order valence-electron chi connectivity index (χ4n) is 3.72. The van der Waals surface area contributed by atoms with Gasteiger partial charge in [0.15, 0.2) is 0 Å². The second kappa shape index (κ2) is 9.36. The average molecular weight is 375 g/mol. The summed E-state index contributed by atoms with van der Waals surface area (Å²) in [5.74, 6) is 0.0963. The van der Waals surface area contributed by atoms with Crippen molar-refractivity contribution >= 4 is 11.9 Å². The minimum Gasteiger partial charge on any atom is -0.467 e. The predicted molar refractivity (Wildman–Crippen MR) is 107 cm³/mol. The number of carbonyl (C=O) groups is 2. The maximum atomic E-state index is 12.2. The lowest BCUT2D eigenvalue weighted by molar-refractivity contribution is -0.142. The Morgan fingerprint density at radius 1 is 1.11 bits per heavy atom. The Balaban J connectivity index is 1.79. The molecule has 1 amide bonds. The van der Waals surface area contributed by atoms with Crippen LogP contribution in [0, 0.1) is 11.3 Å². The molecule has 1 atom stereocenters. The van der Waals surface area contributed by atoms with Crippen LogP contribution >= 0.6 is 0 Å². The van der Waals surface area contributed by atoms with Gasteiger partial charge in [-0.25, -0.2) is 4.79 Å². The van der Waals surface area contributed by atoms with Crippen LogP contribution in [-0.2, 0) is 16.1 Å². The number of hydrogen-bond donors (Lipinski definition) is 2. The summed E-state index contributed by atoms with van der Waals surface area (Å²) in [5.41, 5.74) is 2.11. The maximum Gasteiger partial charge on any atom is 0.328 e. The van der Waals surface area contributed by atoms with Crippen molar-refractivity contribution in [3.05, 3.63) is 35.4 Å². The molecule has 1 unspecified atom stereocenters. The molecule has 1 saturated carbocycles. The third kappa shape index (κ3) is 6.35. The number of amides is 1. The first-order valence-corrected chi connectivity index (χ1v) is 9.91. The highest BCUT2D eigenvalue weighted by atomic mass is 16.5. The van der Waals surface area contributed by atoms with Crippen molar-refractivity contribution in [2.24, 2.45) is 11.3 Å². The van der Waals surface area contributed by atoms with Crippen molar-refractivity contribution < 1.29 is 14.3 Å². The smallest absolute Gasteiger partial charge is 0.328 e. The molecule has 0 aliphatic heterocycles. The summed E-state index contributed by atoms with van der Waals surface area (Å²) in [6.07, 6.45) is 5.04. The quantitative estimate of drug-likeness (QED) is 0.746. The van der Waals surface area contributed by atoms with Gasteiger partial charge in [0.05, 0.1) is 7.11 Å². The molecule has 1 aliphatic carbocycles. The molecule has 5 nitrogen and oxygen atoms in total. The van der Waals surface area contributed by atoms with Gasteiger partial charge in [-0.3, -0.25) is 4.79 Å². The Morgan fingerprint density at radius 3 is 2.22 bits per heavy atom. The highest BCUT2D eigenvalue weighted by Gasteiger charge is 2.29. The van der Waals surface area contributed by atoms with E-state index in [1.165, 1.54) is 32.8 Å². The summed E-state index contributed by atoms with van der Waals surface area (Å²) in [7, 11) is 1.31. The summed E-state index contributed by atoms with van der Waals surface area (Å²) in [5, 5.41) is 6.29. The molecule has 1 aromatic rings. The second-order valence-electron chi connectivity index (χ2n) is 8.71. The van der Waals surface area contributed by atoms with Crippen molar-refractivity contribution in [1.82, 2.24) is 10.6 Å². The first kappa shape index (κ1) is 21.4. The molecule has 0 spiro atoms. The molecule has 0 heterocycles. The largest absolute Gasteiger partial charge is 0.467 e. The van der Waals surface area contributed by atoms with Gasteiger partial charge in [0.25, 0.3) is 5.91 Å². The standard InChI is InChI=1S/C22H34N2O3/c1-15(21(26)27-5)24-20(25)17-8-6-16(7-9-17)14-23-19-12-10-18(11-13-19)22(2,3)4/h6-9,15,18-19,23H,10-14H2,1-5H3,(H,24,25)/t15?,18-,19-. The summed E-state index contributed by atoms with van der Waals surface area (Å²) < 4.78 is 4.62. The van der Waals surface area contributed by atoms with Crippen LogP contribution in [0.5, 0.6) is 0 Å². The number of esters is 1. The van der Waals surface area contributed by atoms with Crippen LogP contribution in [0.15, 0.2) is 24.3 Å². The van der Waals surface area contributed by atoms with Gasteiger partial charge in [0, 0.05) is 18.2 Å². The van der Waals surface area contributed by atoms with E-state index in [4.69, 9.17) is 0 Å². The van der Waals surface area contributed by atoms with Gasteiger partial charge in [-0.1, -0.05) is 32.9 Å². The Kier molecular flexibility index (Phi) is 7.42. The molecular weight excluding hydrogens is 340 g/mol. The fraction of sp³-hybridized carbons (Fsp3) is 0.636. The fourth-order valence-corrected chi connectivity index (χ4v) is 3.72. The van der Waals surface area contributed by atoms with E-state index in [2.05, 4.69) is 36.1 Å². The van der Waals surface area contributed by atoms with E-state index in [-0.39, 0.29) is 5.91 Å². The van der Waals surface area contributed by atoms with E-state index in [0.29, 0.717) is 17.0 Å². The summed E-state index contributed by atoms with van der Waals surface area (Å²) in [6, 6.07) is 7.44. The molecule has 0 radical (unpaired) electrons. The molecule has 2 rings (SSSR count). The minimum atomic E-state index is -0.660. The van der Waals surface area contributed by atoms with Crippen molar-refractivity contribution in [2.45, 2.75) is 72.0 Å². The van der Waals surface area contributed by atoms with E-state index in [1.807, 2.05) is 12.1 Å². The molecule has 0 aromatic heterocycles. The maximum absolute atomic E-state index is 12.2. The number of hydrogen-bond acceptors (Lipinski definition) is 4. The highest BCUT2D eigenvalue weighted by molar-refractivity contribution is 5.96. The predicted octanol–water partition coefficient (Wildman–Crippen LogP) is 3.67. The van der Waals surface area contributed by atoms with Crippen LogP contribution < -0.4 is 10.6 Å². The molecule has 2 N–H and O–H groups in total. The molecule has 0 bridgehead atoms. The Morgan fingerprint density at radius 2 is 1.70 bits per heavy atom. The van der Waals surface area contributed by atoms with Crippen molar-refractivity contribution in [2.75, 3.05) is 7.11 Å². The van der Waals surface area contributed by atoms with Gasteiger partial charge in [-0.15, -0.1) is 0 Å². The number of rotatable bonds is 6. The van der Waals surface area contributed by atoms with Crippen LogP contribution in [0.1, 0.15) is 69.3 Å². The SMILES string of the molecule is COC(=O)C(C)NC(=O)c1ccc(CN[C@H]2CC[C@H](C(C)(C)C)CC2)cc1. The van der Waals surface area contributed by atoms with E-state index in [9.17, 15) is 9.59 Å². The van der Waals surface area contributed by atoms with Gasteiger partial charge in [-0.2, -0.15) is 0 Å². The van der Waals surface area contributed by atoms with Crippen LogP contribution in [0.2, 0.25) is 0 Å². The molecule has 1 fully saturated rings.